The molecule has 17 heavy (non-hydrogen) atoms. The second kappa shape index (κ2) is 4.64. The highest BCUT2D eigenvalue weighted by Crippen LogP contribution is 2.32. The Morgan fingerprint density at radius 1 is 1.00 bits per heavy atom. The number of carbonyl (C=O) groups excluding carboxylic acids is 1. The molecule has 0 atom stereocenters. The van der Waals surface area contributed by atoms with Crippen LogP contribution in [0.15, 0.2) is 24.3 Å². The van der Waals surface area contributed by atoms with Gasteiger partial charge < -0.3 is 0 Å². The van der Waals surface area contributed by atoms with E-state index in [0.29, 0.717) is 11.7 Å². The third kappa shape index (κ3) is 2.96. The third-order valence-corrected chi connectivity index (χ3v) is 3.79. The Labute approximate surface area is 104 Å². The minimum Gasteiger partial charge on any atom is -0.300 e. The van der Waals surface area contributed by atoms with Gasteiger partial charge in [0.2, 0.25) is 0 Å². The molecular formula is C16H22O. The lowest BCUT2D eigenvalue weighted by Crippen LogP contribution is -2.14. The zero-order valence-corrected chi connectivity index (χ0v) is 11.1. The van der Waals surface area contributed by atoms with Gasteiger partial charge >= 0.3 is 0 Å². The molecule has 0 bridgehead atoms. The summed E-state index contributed by atoms with van der Waals surface area (Å²) in [5.74, 6) is 1.04. The van der Waals surface area contributed by atoms with Gasteiger partial charge in [0.25, 0.3) is 0 Å². The van der Waals surface area contributed by atoms with Crippen LogP contribution in [-0.2, 0) is 10.2 Å². The Morgan fingerprint density at radius 2 is 1.53 bits per heavy atom. The second-order valence-electron chi connectivity index (χ2n) is 6.18. The first-order chi connectivity index (χ1) is 7.97. The van der Waals surface area contributed by atoms with E-state index in [9.17, 15) is 4.79 Å². The van der Waals surface area contributed by atoms with Crippen LogP contribution in [0, 0.1) is 0 Å². The molecule has 0 aromatic heterocycles. The van der Waals surface area contributed by atoms with Crippen LogP contribution in [0.4, 0.5) is 0 Å². The van der Waals surface area contributed by atoms with Gasteiger partial charge in [0.15, 0.2) is 0 Å². The SMILES string of the molecule is CC(C)(C)c1ccc(C2CCC(=O)CC2)cc1. The van der Waals surface area contributed by atoms with Crippen molar-refractivity contribution in [3.8, 4) is 0 Å². The molecule has 0 spiro atoms. The number of ketones is 1. The fourth-order valence-electron chi connectivity index (χ4n) is 2.53. The molecule has 1 aliphatic carbocycles. The van der Waals surface area contributed by atoms with E-state index in [4.69, 9.17) is 0 Å². The summed E-state index contributed by atoms with van der Waals surface area (Å²) < 4.78 is 0. The van der Waals surface area contributed by atoms with Gasteiger partial charge in [0.1, 0.15) is 5.78 Å². The van der Waals surface area contributed by atoms with E-state index < -0.39 is 0 Å². The van der Waals surface area contributed by atoms with E-state index in [2.05, 4.69) is 45.0 Å². The number of carbonyl (C=O) groups is 1. The largest absolute Gasteiger partial charge is 0.300 e. The van der Waals surface area contributed by atoms with Crippen molar-refractivity contribution in [1.29, 1.82) is 0 Å². The lowest BCUT2D eigenvalue weighted by Gasteiger charge is -2.23. The van der Waals surface area contributed by atoms with Crippen LogP contribution in [0.5, 0.6) is 0 Å². The van der Waals surface area contributed by atoms with Crippen LogP contribution < -0.4 is 0 Å². The predicted molar refractivity (Wildman–Crippen MR) is 71.4 cm³/mol. The lowest BCUT2D eigenvalue weighted by atomic mass is 9.81. The molecule has 1 nitrogen and oxygen atoms in total. The van der Waals surface area contributed by atoms with Crippen molar-refractivity contribution in [3.63, 3.8) is 0 Å². The Bertz CT molecular complexity index is 385. The maximum atomic E-state index is 11.2. The molecule has 1 aromatic rings. The van der Waals surface area contributed by atoms with Crippen molar-refractivity contribution in [2.24, 2.45) is 0 Å². The Hall–Kier alpha value is -1.11. The molecule has 1 fully saturated rings. The summed E-state index contributed by atoms with van der Waals surface area (Å²) in [6.45, 7) is 6.71. The standard InChI is InChI=1S/C16H22O/c1-16(2,3)14-8-4-12(5-9-14)13-6-10-15(17)11-7-13/h4-5,8-9,13H,6-7,10-11H2,1-3H3. The number of hydrogen-bond donors (Lipinski definition) is 0. The number of Topliss-reactive ketones (excluding diaryl/α,β-unsaturated/α-hetero) is 1. The van der Waals surface area contributed by atoms with E-state index in [0.717, 1.165) is 25.7 Å². The van der Waals surface area contributed by atoms with Crippen molar-refractivity contribution in [2.75, 3.05) is 0 Å². The Balaban J connectivity index is 2.10. The summed E-state index contributed by atoms with van der Waals surface area (Å²) in [6, 6.07) is 8.99. The van der Waals surface area contributed by atoms with Crippen molar-refractivity contribution in [1.82, 2.24) is 0 Å². The van der Waals surface area contributed by atoms with Gasteiger partial charge in [-0.1, -0.05) is 45.0 Å². The van der Waals surface area contributed by atoms with Crippen molar-refractivity contribution in [3.05, 3.63) is 35.4 Å². The van der Waals surface area contributed by atoms with Crippen LogP contribution >= 0.6 is 0 Å². The fraction of sp³-hybridized carbons (Fsp3) is 0.562. The van der Waals surface area contributed by atoms with E-state index in [1.807, 2.05) is 0 Å². The molecule has 0 aliphatic heterocycles. The molecule has 0 unspecified atom stereocenters. The number of hydrogen-bond acceptors (Lipinski definition) is 1. The molecule has 1 aliphatic rings. The second-order valence-corrected chi connectivity index (χ2v) is 6.18. The van der Waals surface area contributed by atoms with Crippen LogP contribution in [0.2, 0.25) is 0 Å². The normalized spacial score (nSPS) is 18.4. The topological polar surface area (TPSA) is 17.1 Å². The van der Waals surface area contributed by atoms with Crippen molar-refractivity contribution in [2.45, 2.75) is 57.8 Å². The molecule has 2 rings (SSSR count). The van der Waals surface area contributed by atoms with Gasteiger partial charge in [0, 0.05) is 12.8 Å². The molecular weight excluding hydrogens is 208 g/mol. The molecule has 0 N–H and O–H groups in total. The summed E-state index contributed by atoms with van der Waals surface area (Å²) in [5, 5.41) is 0. The Morgan fingerprint density at radius 3 is 2.00 bits per heavy atom. The lowest BCUT2D eigenvalue weighted by molar-refractivity contribution is -0.120. The number of benzene rings is 1. The van der Waals surface area contributed by atoms with Crippen LogP contribution in [0.1, 0.15) is 63.5 Å². The molecule has 1 saturated carbocycles. The maximum Gasteiger partial charge on any atom is 0.132 e. The van der Waals surface area contributed by atoms with E-state index in [1.54, 1.807) is 0 Å². The first kappa shape index (κ1) is 12.3. The minimum atomic E-state index is 0.223. The van der Waals surface area contributed by atoms with Gasteiger partial charge in [-0.15, -0.1) is 0 Å². The van der Waals surface area contributed by atoms with Gasteiger partial charge in [-0.3, -0.25) is 4.79 Å². The van der Waals surface area contributed by atoms with Crippen LogP contribution in [0.3, 0.4) is 0 Å². The molecule has 0 heterocycles. The summed E-state index contributed by atoms with van der Waals surface area (Å²) in [7, 11) is 0. The molecule has 0 amide bonds. The Kier molecular flexibility index (Phi) is 3.37. The van der Waals surface area contributed by atoms with Crippen molar-refractivity contribution < 1.29 is 4.79 Å². The maximum absolute atomic E-state index is 11.2. The van der Waals surface area contributed by atoms with E-state index in [-0.39, 0.29) is 5.41 Å². The zero-order chi connectivity index (χ0) is 12.5. The summed E-state index contributed by atoms with van der Waals surface area (Å²) in [6.07, 6.45) is 3.61. The monoisotopic (exact) mass is 230 g/mol. The molecule has 0 radical (unpaired) electrons. The molecule has 92 valence electrons. The zero-order valence-electron chi connectivity index (χ0n) is 11.1. The summed E-state index contributed by atoms with van der Waals surface area (Å²) >= 11 is 0. The minimum absolute atomic E-state index is 0.223. The third-order valence-electron chi connectivity index (χ3n) is 3.79. The van der Waals surface area contributed by atoms with Gasteiger partial charge in [-0.2, -0.15) is 0 Å². The highest BCUT2D eigenvalue weighted by Gasteiger charge is 2.20. The quantitative estimate of drug-likeness (QED) is 0.706. The average molecular weight is 230 g/mol. The first-order valence-electron chi connectivity index (χ1n) is 6.59. The van der Waals surface area contributed by atoms with Crippen LogP contribution in [-0.4, -0.2) is 5.78 Å². The summed E-state index contributed by atoms with van der Waals surface area (Å²) in [4.78, 5) is 11.2. The summed E-state index contributed by atoms with van der Waals surface area (Å²) in [5.41, 5.74) is 3.01. The van der Waals surface area contributed by atoms with Crippen LogP contribution in [0.25, 0.3) is 0 Å². The first-order valence-corrected chi connectivity index (χ1v) is 6.59. The smallest absolute Gasteiger partial charge is 0.132 e. The highest BCUT2D eigenvalue weighted by molar-refractivity contribution is 5.79. The van der Waals surface area contributed by atoms with Gasteiger partial charge in [-0.05, 0) is 35.3 Å². The highest BCUT2D eigenvalue weighted by atomic mass is 16.1. The molecule has 0 saturated heterocycles. The average Bonchev–Trinajstić information content (AvgIpc) is 2.29. The fourth-order valence-corrected chi connectivity index (χ4v) is 2.53. The number of rotatable bonds is 1. The molecule has 1 aromatic carbocycles. The van der Waals surface area contributed by atoms with E-state index >= 15 is 0 Å². The van der Waals surface area contributed by atoms with E-state index in [1.165, 1.54) is 11.1 Å². The van der Waals surface area contributed by atoms with Crippen molar-refractivity contribution >= 4 is 5.78 Å². The predicted octanol–water partition coefficient (Wildman–Crippen LogP) is 4.21. The van der Waals surface area contributed by atoms with Gasteiger partial charge in [-0.25, -0.2) is 0 Å². The van der Waals surface area contributed by atoms with Gasteiger partial charge in [0.05, 0.1) is 0 Å². The molecule has 1 heteroatoms.